The minimum absolute atomic E-state index is 1.08. The summed E-state index contributed by atoms with van der Waals surface area (Å²) in [4.78, 5) is 6.47. The predicted octanol–water partition coefficient (Wildman–Crippen LogP) is 2.75. The molecule has 2 nitrogen and oxygen atoms in total. The highest BCUT2D eigenvalue weighted by molar-refractivity contribution is 5.49. The Hall–Kier alpha value is -1.41. The molecule has 84 valence electrons. The van der Waals surface area contributed by atoms with E-state index in [9.17, 15) is 0 Å². The summed E-state index contributed by atoms with van der Waals surface area (Å²) in [5, 5.41) is 0. The smallest absolute Gasteiger partial charge is 0.0273 e. The molecule has 1 aliphatic heterocycles. The molecule has 1 aliphatic rings. The molecule has 0 spiro atoms. The van der Waals surface area contributed by atoms with E-state index in [1.165, 1.54) is 31.5 Å². The van der Waals surface area contributed by atoms with Crippen molar-refractivity contribution in [2.45, 2.75) is 12.8 Å². The molecule has 0 radical (unpaired) electrons. The largest absolute Gasteiger partial charge is 0.300 e. The van der Waals surface area contributed by atoms with E-state index in [-0.39, 0.29) is 0 Å². The van der Waals surface area contributed by atoms with E-state index >= 15 is 0 Å². The maximum absolute atomic E-state index is 3.98. The van der Waals surface area contributed by atoms with Crippen molar-refractivity contribution in [2.75, 3.05) is 19.6 Å². The first-order valence-electron chi connectivity index (χ1n) is 5.91. The lowest BCUT2D eigenvalue weighted by Crippen LogP contribution is -2.18. The van der Waals surface area contributed by atoms with E-state index < -0.39 is 0 Å². The monoisotopic (exact) mass is 214 g/mol. The third-order valence-corrected chi connectivity index (χ3v) is 2.80. The fraction of sp³-hybridized carbons (Fsp3) is 0.357. The topological polar surface area (TPSA) is 16.1 Å². The third-order valence-electron chi connectivity index (χ3n) is 2.80. The van der Waals surface area contributed by atoms with Gasteiger partial charge in [0, 0.05) is 18.9 Å². The first kappa shape index (κ1) is 11.1. The molecule has 1 aromatic heterocycles. The summed E-state index contributed by atoms with van der Waals surface area (Å²) in [7, 11) is 0. The zero-order valence-electron chi connectivity index (χ0n) is 9.55. The molecule has 16 heavy (non-hydrogen) atoms. The molecule has 2 rings (SSSR count). The molecule has 1 aromatic rings. The molecule has 0 unspecified atom stereocenters. The Morgan fingerprint density at radius 3 is 2.62 bits per heavy atom. The van der Waals surface area contributed by atoms with Gasteiger partial charge in [-0.15, -0.1) is 0 Å². The molecule has 0 aromatic carbocycles. The van der Waals surface area contributed by atoms with E-state index in [1.54, 1.807) is 0 Å². The minimum Gasteiger partial charge on any atom is -0.300 e. The van der Waals surface area contributed by atoms with Crippen LogP contribution in [0.3, 0.4) is 0 Å². The number of rotatable bonds is 4. The predicted molar refractivity (Wildman–Crippen MR) is 68.1 cm³/mol. The van der Waals surface area contributed by atoms with Crippen LogP contribution in [0.2, 0.25) is 0 Å². The average molecular weight is 214 g/mol. The van der Waals surface area contributed by atoms with Crippen LogP contribution < -0.4 is 0 Å². The summed E-state index contributed by atoms with van der Waals surface area (Å²) in [6.07, 6.45) is 14.9. The number of hydrogen-bond acceptors (Lipinski definition) is 2. The fourth-order valence-corrected chi connectivity index (χ4v) is 1.89. The maximum atomic E-state index is 3.98. The summed E-state index contributed by atoms with van der Waals surface area (Å²) in [6, 6.07) is 4.01. The van der Waals surface area contributed by atoms with Crippen LogP contribution in [0.25, 0.3) is 6.08 Å². The maximum Gasteiger partial charge on any atom is 0.0273 e. The molecule has 0 atom stereocenters. The van der Waals surface area contributed by atoms with Crippen molar-refractivity contribution in [1.82, 2.24) is 9.88 Å². The molecule has 0 saturated carbocycles. The van der Waals surface area contributed by atoms with Gasteiger partial charge in [-0.2, -0.15) is 0 Å². The van der Waals surface area contributed by atoms with Crippen molar-refractivity contribution in [3.8, 4) is 0 Å². The van der Waals surface area contributed by atoms with Crippen LogP contribution in [0.1, 0.15) is 18.4 Å². The van der Waals surface area contributed by atoms with Gasteiger partial charge < -0.3 is 0 Å². The zero-order chi connectivity index (χ0) is 11.1. The van der Waals surface area contributed by atoms with Gasteiger partial charge in [0.1, 0.15) is 0 Å². The number of nitrogens with zero attached hydrogens (tertiary/aromatic N) is 2. The quantitative estimate of drug-likeness (QED) is 0.716. The molecule has 1 saturated heterocycles. The lowest BCUT2D eigenvalue weighted by molar-refractivity contribution is 0.377. The van der Waals surface area contributed by atoms with Gasteiger partial charge in [-0.25, -0.2) is 0 Å². The van der Waals surface area contributed by atoms with E-state index in [2.05, 4.69) is 34.2 Å². The summed E-state index contributed by atoms with van der Waals surface area (Å²) >= 11 is 0. The summed E-state index contributed by atoms with van der Waals surface area (Å²) in [5.41, 5.74) is 1.20. The van der Waals surface area contributed by atoms with Gasteiger partial charge >= 0.3 is 0 Å². The molecule has 2 heteroatoms. The van der Waals surface area contributed by atoms with Gasteiger partial charge in [0.2, 0.25) is 0 Å². The first-order valence-corrected chi connectivity index (χ1v) is 5.91. The Bertz CT molecular complexity index is 348. The Labute approximate surface area is 97.3 Å². The van der Waals surface area contributed by atoms with E-state index in [0.29, 0.717) is 0 Å². The average Bonchev–Trinajstić information content (AvgIpc) is 2.83. The minimum atomic E-state index is 1.08. The van der Waals surface area contributed by atoms with Gasteiger partial charge in [-0.05, 0) is 43.6 Å². The SMILES string of the molecule is C(/C=C/c1ccncc1)=C\CN1CCCC1. The summed E-state index contributed by atoms with van der Waals surface area (Å²) < 4.78 is 0. The highest BCUT2D eigenvalue weighted by Crippen LogP contribution is 2.06. The molecule has 2 heterocycles. The molecular formula is C14H18N2. The standard InChI is InChI=1S/C14H18N2/c1(3-11-16-12-4-5-13-16)2-6-14-7-9-15-10-8-14/h1-3,6-10H,4-5,11-13H2/b3-1+,6-2+. The van der Waals surface area contributed by atoms with Gasteiger partial charge in [0.25, 0.3) is 0 Å². The molecular weight excluding hydrogens is 196 g/mol. The summed E-state index contributed by atoms with van der Waals surface area (Å²) in [6.45, 7) is 3.61. The Morgan fingerprint density at radius 2 is 1.88 bits per heavy atom. The second-order valence-corrected chi connectivity index (χ2v) is 4.08. The van der Waals surface area contributed by atoms with Crippen LogP contribution in [0, 0.1) is 0 Å². The number of likely N-dealkylation sites (tertiary alicyclic amines) is 1. The van der Waals surface area contributed by atoms with Crippen LogP contribution in [-0.4, -0.2) is 29.5 Å². The van der Waals surface area contributed by atoms with Crippen molar-refractivity contribution in [3.05, 3.63) is 48.3 Å². The van der Waals surface area contributed by atoms with Crippen LogP contribution >= 0.6 is 0 Å². The lowest BCUT2D eigenvalue weighted by atomic mass is 10.2. The molecule has 0 amide bonds. The third kappa shape index (κ3) is 3.63. The molecule has 0 bridgehead atoms. The van der Waals surface area contributed by atoms with Gasteiger partial charge in [-0.3, -0.25) is 9.88 Å². The first-order chi connectivity index (χ1) is 7.95. The van der Waals surface area contributed by atoms with Crippen molar-refractivity contribution in [1.29, 1.82) is 0 Å². The van der Waals surface area contributed by atoms with E-state index in [1.807, 2.05) is 24.5 Å². The number of allylic oxidation sites excluding steroid dienone is 2. The van der Waals surface area contributed by atoms with Crippen molar-refractivity contribution in [2.24, 2.45) is 0 Å². The Kier molecular flexibility index (Phi) is 4.32. The zero-order valence-corrected chi connectivity index (χ0v) is 9.55. The molecule has 0 N–H and O–H groups in total. The van der Waals surface area contributed by atoms with Crippen molar-refractivity contribution in [3.63, 3.8) is 0 Å². The highest BCUT2D eigenvalue weighted by atomic mass is 15.1. The Balaban J connectivity index is 1.74. The second-order valence-electron chi connectivity index (χ2n) is 4.08. The fourth-order valence-electron chi connectivity index (χ4n) is 1.89. The number of hydrogen-bond donors (Lipinski definition) is 0. The van der Waals surface area contributed by atoms with Crippen LogP contribution in [-0.2, 0) is 0 Å². The van der Waals surface area contributed by atoms with Gasteiger partial charge in [0.05, 0.1) is 0 Å². The van der Waals surface area contributed by atoms with E-state index in [4.69, 9.17) is 0 Å². The van der Waals surface area contributed by atoms with Crippen molar-refractivity contribution >= 4 is 6.08 Å². The van der Waals surface area contributed by atoms with Crippen LogP contribution in [0.5, 0.6) is 0 Å². The normalized spacial score (nSPS) is 17.8. The van der Waals surface area contributed by atoms with E-state index in [0.717, 1.165) is 6.54 Å². The van der Waals surface area contributed by atoms with Crippen molar-refractivity contribution < 1.29 is 0 Å². The lowest BCUT2D eigenvalue weighted by Gasteiger charge is -2.09. The van der Waals surface area contributed by atoms with Crippen LogP contribution in [0.15, 0.2) is 42.8 Å². The number of pyridine rings is 1. The number of aromatic nitrogens is 1. The Morgan fingerprint density at radius 1 is 1.12 bits per heavy atom. The van der Waals surface area contributed by atoms with Gasteiger partial charge in [-0.1, -0.05) is 24.3 Å². The highest BCUT2D eigenvalue weighted by Gasteiger charge is 2.08. The molecule has 0 aliphatic carbocycles. The van der Waals surface area contributed by atoms with Gasteiger partial charge in [0.15, 0.2) is 0 Å². The molecule has 1 fully saturated rings. The summed E-state index contributed by atoms with van der Waals surface area (Å²) in [5.74, 6) is 0. The second kappa shape index (κ2) is 6.23. The van der Waals surface area contributed by atoms with Crippen LogP contribution in [0.4, 0.5) is 0 Å².